The molecule has 0 N–H and O–H groups in total. The first-order valence-corrected chi connectivity index (χ1v) is 9.69. The molecule has 6 heteroatoms. The minimum Gasteiger partial charge on any atom is -0.497 e. The van der Waals surface area contributed by atoms with E-state index in [-0.39, 0.29) is 17.9 Å². The van der Waals surface area contributed by atoms with Crippen LogP contribution < -0.4 is 9.64 Å². The molecule has 0 spiro atoms. The van der Waals surface area contributed by atoms with Gasteiger partial charge >= 0.3 is 0 Å². The Bertz CT molecular complexity index is 930. The smallest absolute Gasteiger partial charge is 0.256 e. The van der Waals surface area contributed by atoms with E-state index >= 15 is 0 Å². The molecule has 3 aliphatic heterocycles. The predicted octanol–water partition coefficient (Wildman–Crippen LogP) is 2.62. The van der Waals surface area contributed by atoms with Crippen LogP contribution in [-0.4, -0.2) is 47.6 Å². The molecule has 144 valence electrons. The molecular formula is C22H23N3O3. The normalized spacial score (nSPS) is 30.0. The molecule has 0 saturated carbocycles. The van der Waals surface area contributed by atoms with Gasteiger partial charge in [0.2, 0.25) is 5.91 Å². The fraction of sp³-hybridized carbons (Fsp3) is 0.364. The zero-order valence-electron chi connectivity index (χ0n) is 16.0. The summed E-state index contributed by atoms with van der Waals surface area (Å²) >= 11 is 0. The van der Waals surface area contributed by atoms with E-state index < -0.39 is 11.5 Å². The molecule has 0 radical (unpaired) electrons. The quantitative estimate of drug-likeness (QED) is 0.770. The Labute approximate surface area is 164 Å². The number of imide groups is 1. The van der Waals surface area contributed by atoms with Crippen molar-refractivity contribution < 1.29 is 14.3 Å². The summed E-state index contributed by atoms with van der Waals surface area (Å²) in [6, 6.07) is 17.1. The van der Waals surface area contributed by atoms with Gasteiger partial charge in [-0.1, -0.05) is 30.3 Å². The number of amides is 2. The second-order valence-electron chi connectivity index (χ2n) is 7.80. The van der Waals surface area contributed by atoms with Crippen LogP contribution in [-0.2, 0) is 9.59 Å². The van der Waals surface area contributed by atoms with E-state index in [0.717, 1.165) is 25.1 Å². The Morgan fingerprint density at radius 3 is 2.39 bits per heavy atom. The number of benzene rings is 2. The molecule has 3 aliphatic rings. The monoisotopic (exact) mass is 377 g/mol. The van der Waals surface area contributed by atoms with E-state index in [9.17, 15) is 9.59 Å². The van der Waals surface area contributed by atoms with Gasteiger partial charge in [-0.3, -0.25) is 9.59 Å². The second-order valence-corrected chi connectivity index (χ2v) is 7.80. The number of nitrogens with zero attached hydrogens (tertiary/aromatic N) is 3. The summed E-state index contributed by atoms with van der Waals surface area (Å²) in [7, 11) is 1.60. The summed E-state index contributed by atoms with van der Waals surface area (Å²) in [5.41, 5.74) is 0.832. The average molecular weight is 377 g/mol. The molecule has 5 rings (SSSR count). The van der Waals surface area contributed by atoms with Crippen molar-refractivity contribution in [2.45, 2.75) is 24.9 Å². The molecule has 3 atom stereocenters. The number of rotatable bonds is 3. The summed E-state index contributed by atoms with van der Waals surface area (Å²) in [5.74, 6) is 0.00542. The lowest BCUT2D eigenvalue weighted by molar-refractivity contribution is -0.131. The summed E-state index contributed by atoms with van der Waals surface area (Å²) in [6.45, 7) is 3.60. The van der Waals surface area contributed by atoms with Gasteiger partial charge in [0.15, 0.2) is 0 Å². The maximum atomic E-state index is 13.6. The minimum atomic E-state index is -0.853. The molecule has 6 nitrogen and oxygen atoms in total. The van der Waals surface area contributed by atoms with Crippen LogP contribution in [0.2, 0.25) is 0 Å². The summed E-state index contributed by atoms with van der Waals surface area (Å²) in [4.78, 5) is 28.6. The average Bonchev–Trinajstić information content (AvgIpc) is 3.35. The Balaban J connectivity index is 1.61. The molecule has 3 heterocycles. The Morgan fingerprint density at radius 1 is 1.00 bits per heavy atom. The fourth-order valence-electron chi connectivity index (χ4n) is 5.13. The Kier molecular flexibility index (Phi) is 3.82. The van der Waals surface area contributed by atoms with Crippen molar-refractivity contribution in [3.8, 4) is 5.75 Å². The van der Waals surface area contributed by atoms with Crippen molar-refractivity contribution in [2.24, 2.45) is 5.92 Å². The van der Waals surface area contributed by atoms with Crippen LogP contribution in [0.15, 0.2) is 54.6 Å². The van der Waals surface area contributed by atoms with Crippen LogP contribution in [0.1, 0.15) is 24.9 Å². The number of methoxy groups -OCH3 is 1. The number of hydrogen-bond acceptors (Lipinski definition) is 5. The number of hydrogen-bond donors (Lipinski definition) is 0. The van der Waals surface area contributed by atoms with Crippen LogP contribution in [0.25, 0.3) is 0 Å². The summed E-state index contributed by atoms with van der Waals surface area (Å²) in [5, 5.41) is 4.38. The van der Waals surface area contributed by atoms with Gasteiger partial charge in [-0.05, 0) is 43.2 Å². The molecule has 2 aromatic rings. The maximum absolute atomic E-state index is 13.6. The van der Waals surface area contributed by atoms with Gasteiger partial charge in [-0.25, -0.2) is 14.9 Å². The van der Waals surface area contributed by atoms with Gasteiger partial charge in [-0.15, -0.1) is 0 Å². The molecule has 0 aromatic heterocycles. The lowest BCUT2D eigenvalue weighted by Crippen LogP contribution is -2.52. The van der Waals surface area contributed by atoms with Crippen LogP contribution in [0, 0.1) is 5.92 Å². The second kappa shape index (κ2) is 6.15. The third-order valence-corrected chi connectivity index (χ3v) is 6.44. The molecule has 2 aromatic carbocycles. The third-order valence-electron chi connectivity index (χ3n) is 6.44. The van der Waals surface area contributed by atoms with Gasteiger partial charge in [0.1, 0.15) is 11.3 Å². The lowest BCUT2D eigenvalue weighted by atomic mass is 9.81. The highest BCUT2D eigenvalue weighted by atomic mass is 16.5. The van der Waals surface area contributed by atoms with E-state index in [1.54, 1.807) is 31.4 Å². The number of fused-ring (bicyclic) bond motifs is 3. The van der Waals surface area contributed by atoms with Crippen molar-refractivity contribution in [1.29, 1.82) is 0 Å². The van der Waals surface area contributed by atoms with Crippen molar-refractivity contribution in [1.82, 2.24) is 10.0 Å². The first-order valence-electron chi connectivity index (χ1n) is 9.69. The molecule has 3 fully saturated rings. The van der Waals surface area contributed by atoms with Crippen molar-refractivity contribution in [2.75, 3.05) is 25.1 Å². The van der Waals surface area contributed by atoms with Crippen molar-refractivity contribution >= 4 is 17.5 Å². The number of hydrazine groups is 1. The number of anilines is 1. The zero-order valence-corrected chi connectivity index (χ0v) is 16.0. The summed E-state index contributed by atoms with van der Waals surface area (Å²) in [6.07, 6.45) is 0.996. The SMILES string of the molecule is COc1ccc(N2C(=O)[C@H]3[C@@H](c4ccccc4)N4CCCN4[C@]3(C)C2=O)cc1. The molecule has 28 heavy (non-hydrogen) atoms. The molecule has 0 unspecified atom stereocenters. The molecule has 0 aliphatic carbocycles. The van der Waals surface area contributed by atoms with Crippen LogP contribution >= 0.6 is 0 Å². The molecule has 0 bridgehead atoms. The van der Waals surface area contributed by atoms with Gasteiger partial charge in [0.05, 0.1) is 24.8 Å². The third kappa shape index (κ3) is 2.16. The first-order chi connectivity index (χ1) is 13.6. The fourth-order valence-corrected chi connectivity index (χ4v) is 5.13. The highest BCUT2D eigenvalue weighted by Gasteiger charge is 2.70. The van der Waals surface area contributed by atoms with Gasteiger partial charge < -0.3 is 4.74 Å². The maximum Gasteiger partial charge on any atom is 0.256 e. The topological polar surface area (TPSA) is 53.1 Å². The van der Waals surface area contributed by atoms with Gasteiger partial charge in [0.25, 0.3) is 5.91 Å². The molecular weight excluding hydrogens is 354 g/mol. The first kappa shape index (κ1) is 17.4. The minimum absolute atomic E-state index is 0.117. The van der Waals surface area contributed by atoms with E-state index in [0.29, 0.717) is 11.4 Å². The highest BCUT2D eigenvalue weighted by Crippen LogP contribution is 2.54. The van der Waals surface area contributed by atoms with Crippen LogP contribution in [0.4, 0.5) is 5.69 Å². The van der Waals surface area contributed by atoms with Gasteiger partial charge in [-0.2, -0.15) is 0 Å². The van der Waals surface area contributed by atoms with Crippen LogP contribution in [0.3, 0.4) is 0 Å². The van der Waals surface area contributed by atoms with E-state index in [1.807, 2.05) is 25.1 Å². The highest BCUT2D eigenvalue weighted by molar-refractivity contribution is 6.26. The number of ether oxygens (including phenoxy) is 1. The van der Waals surface area contributed by atoms with Crippen LogP contribution in [0.5, 0.6) is 5.75 Å². The molecule has 3 saturated heterocycles. The van der Waals surface area contributed by atoms with E-state index in [2.05, 4.69) is 22.2 Å². The largest absolute Gasteiger partial charge is 0.497 e. The summed E-state index contributed by atoms with van der Waals surface area (Å²) < 4.78 is 5.21. The van der Waals surface area contributed by atoms with Crippen molar-refractivity contribution in [3.63, 3.8) is 0 Å². The zero-order chi connectivity index (χ0) is 19.5. The van der Waals surface area contributed by atoms with E-state index in [1.165, 1.54) is 4.90 Å². The lowest BCUT2D eigenvalue weighted by Gasteiger charge is -2.33. The Hall–Kier alpha value is -2.70. The number of carbonyl (C=O) groups excluding carboxylic acids is 2. The number of carbonyl (C=O) groups is 2. The Morgan fingerprint density at radius 2 is 1.71 bits per heavy atom. The molecule has 2 amide bonds. The van der Waals surface area contributed by atoms with Crippen molar-refractivity contribution in [3.05, 3.63) is 60.2 Å². The van der Waals surface area contributed by atoms with Gasteiger partial charge in [0, 0.05) is 13.1 Å². The predicted molar refractivity (Wildman–Crippen MR) is 105 cm³/mol. The standard InChI is InChI=1S/C22H23N3O3/c1-22-18(19(15-7-4-3-5-8-15)23-13-6-14-24(22)23)20(26)25(21(22)27)16-9-11-17(28-2)12-10-16/h3-5,7-12,18-19H,6,13-14H2,1-2H3/t18-,19-,22+/m1/s1. The van der Waals surface area contributed by atoms with E-state index in [4.69, 9.17) is 4.74 Å².